The number of aryl methyl sites for hydroxylation is 1. The van der Waals surface area contributed by atoms with E-state index in [4.69, 9.17) is 15.2 Å². The molecule has 64 heavy (non-hydrogen) atoms. The molecule has 4 atom stereocenters. The number of nitrogens with one attached hydrogen (secondary N) is 2. The molecule has 4 aromatic rings. The van der Waals surface area contributed by atoms with Crippen LogP contribution in [0.1, 0.15) is 98.7 Å². The topological polar surface area (TPSA) is 183 Å². The van der Waals surface area contributed by atoms with E-state index >= 15 is 0 Å². The van der Waals surface area contributed by atoms with Crippen molar-refractivity contribution in [2.75, 3.05) is 40.4 Å². The van der Waals surface area contributed by atoms with Crippen molar-refractivity contribution in [2.24, 2.45) is 30.5 Å². The van der Waals surface area contributed by atoms with Gasteiger partial charge in [-0.1, -0.05) is 31.3 Å². The number of hydrogen-bond donors (Lipinski definition) is 3. The number of methoxy groups -OCH3 is 1. The number of nitrogens with zero attached hydrogens (tertiary/aromatic N) is 5. The van der Waals surface area contributed by atoms with Gasteiger partial charge in [-0.15, -0.1) is 0 Å². The lowest BCUT2D eigenvalue weighted by atomic mass is 9.81. The molecule has 16 heteroatoms. The second kappa shape index (κ2) is 19.1. The van der Waals surface area contributed by atoms with Gasteiger partial charge in [0.05, 0.1) is 35.3 Å². The molecule has 4 amide bonds. The fourth-order valence-electron chi connectivity index (χ4n) is 10.3. The van der Waals surface area contributed by atoms with Crippen LogP contribution >= 0.6 is 0 Å². The first-order valence-corrected chi connectivity index (χ1v) is 22.7. The Kier molecular flexibility index (Phi) is 13.4. The van der Waals surface area contributed by atoms with E-state index in [1.807, 2.05) is 25.1 Å². The predicted octanol–water partition coefficient (Wildman–Crippen LogP) is 4.36. The highest BCUT2D eigenvalue weighted by Gasteiger charge is 2.42. The van der Waals surface area contributed by atoms with E-state index in [2.05, 4.69) is 44.3 Å². The largest absolute Gasteiger partial charge is 0.496 e. The number of piperidine rings is 2. The highest BCUT2D eigenvalue weighted by Crippen LogP contribution is 2.35. The number of imide groups is 1. The first-order valence-electron chi connectivity index (χ1n) is 22.7. The number of ether oxygens (including phenoxy) is 2. The van der Waals surface area contributed by atoms with Gasteiger partial charge in [0.15, 0.2) is 6.17 Å². The minimum atomic E-state index is -1.58. The molecule has 8 rings (SSSR count). The van der Waals surface area contributed by atoms with Crippen molar-refractivity contribution in [3.8, 4) is 23.5 Å². The molecule has 5 heterocycles. The Labute approximate surface area is 372 Å². The molecule has 2 aromatic carbocycles. The lowest BCUT2D eigenvalue weighted by Gasteiger charge is -2.39. The number of alkyl halides is 1. The number of primary amides is 1. The number of pyridine rings is 1. The highest BCUT2D eigenvalue weighted by molar-refractivity contribution is 6.03. The van der Waals surface area contributed by atoms with Crippen molar-refractivity contribution in [1.82, 2.24) is 34.6 Å². The predicted molar refractivity (Wildman–Crippen MR) is 239 cm³/mol. The van der Waals surface area contributed by atoms with Crippen LogP contribution in [0.2, 0.25) is 0 Å². The zero-order valence-corrected chi connectivity index (χ0v) is 37.2. The van der Waals surface area contributed by atoms with Crippen LogP contribution in [0.3, 0.4) is 0 Å². The van der Waals surface area contributed by atoms with E-state index in [1.54, 1.807) is 29.9 Å². The average Bonchev–Trinajstić information content (AvgIpc) is 3.70. The van der Waals surface area contributed by atoms with Crippen LogP contribution < -0.4 is 31.5 Å². The van der Waals surface area contributed by atoms with E-state index < -0.39 is 41.9 Å². The lowest BCUT2D eigenvalue weighted by Crippen LogP contribution is -2.44. The summed E-state index contributed by atoms with van der Waals surface area (Å²) in [6.07, 6.45) is 8.17. The number of amides is 4. The molecule has 0 radical (unpaired) electrons. The van der Waals surface area contributed by atoms with Crippen LogP contribution in [-0.4, -0.2) is 106 Å². The number of hydrogen-bond acceptors (Lipinski definition) is 10. The monoisotopic (exact) mass is 878 g/mol. The molecule has 4 aliphatic rings. The molecular weight excluding hydrogens is 820 g/mol. The maximum atomic E-state index is 14.6. The summed E-state index contributed by atoms with van der Waals surface area (Å²) < 4.78 is 29.4. The van der Waals surface area contributed by atoms with Crippen LogP contribution in [0.4, 0.5) is 4.39 Å². The maximum absolute atomic E-state index is 14.6. The third-order valence-electron chi connectivity index (χ3n) is 14.0. The summed E-state index contributed by atoms with van der Waals surface area (Å²) in [6, 6.07) is 8.66. The Morgan fingerprint density at radius 3 is 2.47 bits per heavy atom. The molecule has 1 unspecified atom stereocenters. The molecule has 3 saturated heterocycles. The highest BCUT2D eigenvalue weighted by atomic mass is 19.1. The second-order valence-corrected chi connectivity index (χ2v) is 18.2. The van der Waals surface area contributed by atoms with Crippen LogP contribution in [-0.2, 0) is 28.0 Å². The normalized spacial score (nSPS) is 24.4. The summed E-state index contributed by atoms with van der Waals surface area (Å²) >= 11 is 0. The van der Waals surface area contributed by atoms with Gasteiger partial charge in [-0.05, 0) is 107 Å². The zero-order chi connectivity index (χ0) is 45.2. The summed E-state index contributed by atoms with van der Waals surface area (Å²) in [5, 5.41) is 6.32. The number of carbonyl (C=O) groups excluding carboxylic acids is 4. The van der Waals surface area contributed by atoms with Crippen LogP contribution in [0.15, 0.2) is 41.3 Å². The molecule has 3 aliphatic heterocycles. The fraction of sp³-hybridized carbons (Fsp3) is 0.542. The Morgan fingerprint density at radius 2 is 1.77 bits per heavy atom. The van der Waals surface area contributed by atoms with Gasteiger partial charge >= 0.3 is 5.69 Å². The third-order valence-corrected chi connectivity index (χ3v) is 14.0. The molecule has 0 bridgehead atoms. The molecule has 340 valence electrons. The standard InChI is InChI=1S/C48H59FN8O7/c1-5-6-33-37(52-46(61)43(33)49)27-64-47-35-23-41(63-4)36(44(50)59)22-34(35)31(24-51-47)13-11-28-7-9-29(10-8-28)25-54(2)32-17-19-56(20-18-32)26-30-12-14-38-40(21-30)55(3)48(62)57(38)39-15-16-42(58)53-45(39)60/h12,14,21-24,28-29,32-33,37,39,43H,5-10,15-20,25-27H2,1-4H3,(H2,50,59)(H,52,61)(H,53,58,60)/t28?,29?,33-,37+,39?,43-/m0/s1. The van der Waals surface area contributed by atoms with Gasteiger partial charge in [-0.3, -0.25) is 38.5 Å². The van der Waals surface area contributed by atoms with Crippen LogP contribution in [0, 0.1) is 29.6 Å². The third kappa shape index (κ3) is 9.23. The Balaban J connectivity index is 0.850. The fourth-order valence-corrected chi connectivity index (χ4v) is 10.3. The Bertz CT molecular complexity index is 2560. The van der Waals surface area contributed by atoms with E-state index in [0.29, 0.717) is 46.7 Å². The summed E-state index contributed by atoms with van der Waals surface area (Å²) in [5.74, 6) is 5.72. The van der Waals surface area contributed by atoms with E-state index in [0.717, 1.165) is 82.2 Å². The van der Waals surface area contributed by atoms with Gasteiger partial charge in [-0.2, -0.15) is 0 Å². The van der Waals surface area contributed by atoms with Gasteiger partial charge in [0.25, 0.3) is 11.8 Å². The smallest absolute Gasteiger partial charge is 0.329 e. The summed E-state index contributed by atoms with van der Waals surface area (Å²) in [6.45, 7) is 5.78. The van der Waals surface area contributed by atoms with Gasteiger partial charge in [0, 0.05) is 61.4 Å². The molecule has 1 aliphatic carbocycles. The lowest BCUT2D eigenvalue weighted by molar-refractivity contribution is -0.135. The van der Waals surface area contributed by atoms with Crippen LogP contribution in [0.5, 0.6) is 11.6 Å². The number of likely N-dealkylation sites (tertiary alicyclic amines) is 1. The van der Waals surface area contributed by atoms with Crippen LogP contribution in [0.25, 0.3) is 21.8 Å². The molecule has 4 N–H and O–H groups in total. The molecular formula is C48H59FN8O7. The summed E-state index contributed by atoms with van der Waals surface area (Å²) in [7, 11) is 5.43. The molecule has 15 nitrogen and oxygen atoms in total. The number of aromatic nitrogens is 3. The molecule has 2 aromatic heterocycles. The van der Waals surface area contributed by atoms with Gasteiger partial charge < -0.3 is 25.4 Å². The summed E-state index contributed by atoms with van der Waals surface area (Å²) in [4.78, 5) is 71.7. The van der Waals surface area contributed by atoms with Crippen molar-refractivity contribution in [3.05, 3.63) is 63.7 Å². The number of nitrogens with two attached hydrogens (primary N) is 1. The molecule has 1 saturated carbocycles. The first kappa shape index (κ1) is 44.8. The second-order valence-electron chi connectivity index (χ2n) is 18.2. The van der Waals surface area contributed by atoms with E-state index in [9.17, 15) is 28.4 Å². The minimum absolute atomic E-state index is 0.0391. The summed E-state index contributed by atoms with van der Waals surface area (Å²) in [5.41, 5.74) is 8.93. The zero-order valence-electron chi connectivity index (χ0n) is 37.2. The number of halogens is 1. The van der Waals surface area contributed by atoms with Crippen molar-refractivity contribution >= 4 is 45.4 Å². The number of benzene rings is 2. The van der Waals surface area contributed by atoms with Crippen molar-refractivity contribution in [2.45, 2.75) is 102 Å². The number of rotatable bonds is 13. The minimum Gasteiger partial charge on any atom is -0.496 e. The number of carbonyl (C=O) groups is 4. The maximum Gasteiger partial charge on any atom is 0.329 e. The van der Waals surface area contributed by atoms with E-state index in [-0.39, 0.29) is 47.7 Å². The number of imidazole rings is 1. The van der Waals surface area contributed by atoms with Crippen molar-refractivity contribution in [1.29, 1.82) is 0 Å². The quantitative estimate of drug-likeness (QED) is 0.129. The van der Waals surface area contributed by atoms with Gasteiger partial charge in [-0.25, -0.2) is 14.2 Å². The average molecular weight is 879 g/mol. The molecule has 4 fully saturated rings. The SMILES string of the molecule is CCC[C@@H]1[C@H](F)C(=O)N[C@@H]1COc1ncc(C#CC2CCC(CN(C)C3CCN(Cc4ccc5c(c4)n(C)c(=O)n5C4CCC(=O)NC4=O)CC3)CC2)c2cc(C(N)=O)c(OC)cc12. The first-order chi connectivity index (χ1) is 30.8. The molecule has 0 spiro atoms. The van der Waals surface area contributed by atoms with Crippen molar-refractivity contribution in [3.63, 3.8) is 0 Å². The van der Waals surface area contributed by atoms with E-state index in [1.165, 1.54) is 11.7 Å². The van der Waals surface area contributed by atoms with Gasteiger partial charge in [0.1, 0.15) is 18.4 Å². The Hall–Kier alpha value is -5.79. The Morgan fingerprint density at radius 1 is 1.00 bits per heavy atom. The van der Waals surface area contributed by atoms with Gasteiger partial charge in [0.2, 0.25) is 17.7 Å². The number of fused-ring (bicyclic) bond motifs is 2. The van der Waals surface area contributed by atoms with Crippen molar-refractivity contribution < 1.29 is 33.0 Å².